The molecular weight excluding hydrogens is 308 g/mol. The Labute approximate surface area is 145 Å². The summed E-state index contributed by atoms with van der Waals surface area (Å²) in [6, 6.07) is 0. The summed E-state index contributed by atoms with van der Waals surface area (Å²) in [5.74, 6) is 3.03. The van der Waals surface area contributed by atoms with Crippen molar-refractivity contribution >= 4 is 5.96 Å². The van der Waals surface area contributed by atoms with Crippen molar-refractivity contribution in [2.24, 2.45) is 18.0 Å². The zero-order valence-corrected chi connectivity index (χ0v) is 15.6. The van der Waals surface area contributed by atoms with Crippen molar-refractivity contribution < 1.29 is 9.47 Å². The molecule has 0 aliphatic rings. The highest BCUT2D eigenvalue weighted by Gasteiger charge is 2.05. The van der Waals surface area contributed by atoms with E-state index in [1.807, 2.05) is 18.5 Å². The van der Waals surface area contributed by atoms with Gasteiger partial charge in [0.05, 0.1) is 6.61 Å². The Hall–Kier alpha value is -1.67. The number of hydrogen-bond donors (Lipinski definition) is 2. The second-order valence-corrected chi connectivity index (χ2v) is 6.06. The van der Waals surface area contributed by atoms with Crippen LogP contribution in [0.25, 0.3) is 0 Å². The fourth-order valence-corrected chi connectivity index (χ4v) is 1.88. The molecule has 8 nitrogen and oxygen atoms in total. The third-order valence-corrected chi connectivity index (χ3v) is 3.37. The van der Waals surface area contributed by atoms with Crippen molar-refractivity contribution in [3.8, 4) is 0 Å². The lowest BCUT2D eigenvalue weighted by Gasteiger charge is -2.13. The standard InChI is InChI=1S/C16H32N6O2/c1-13(2)12-24-9-6-7-17-16(18-8-10-23-5)19-11-15-21-20-14(3)22(15)4/h13H,6-12H2,1-5H3,(H2,17,18,19). The predicted molar refractivity (Wildman–Crippen MR) is 95.0 cm³/mol. The van der Waals surface area contributed by atoms with Crippen molar-refractivity contribution in [2.45, 2.75) is 33.7 Å². The maximum absolute atomic E-state index is 5.58. The molecule has 0 aliphatic heterocycles. The molecule has 0 unspecified atom stereocenters. The zero-order valence-electron chi connectivity index (χ0n) is 15.6. The van der Waals surface area contributed by atoms with Crippen LogP contribution in [-0.2, 0) is 23.1 Å². The monoisotopic (exact) mass is 340 g/mol. The van der Waals surface area contributed by atoms with Gasteiger partial charge < -0.3 is 24.7 Å². The zero-order chi connectivity index (χ0) is 17.8. The quantitative estimate of drug-likeness (QED) is 0.353. The molecule has 1 heterocycles. The fourth-order valence-electron chi connectivity index (χ4n) is 1.88. The smallest absolute Gasteiger partial charge is 0.191 e. The van der Waals surface area contributed by atoms with E-state index in [0.717, 1.165) is 43.8 Å². The fraction of sp³-hybridized carbons (Fsp3) is 0.812. The van der Waals surface area contributed by atoms with Crippen molar-refractivity contribution in [3.63, 3.8) is 0 Å². The number of nitrogens with zero attached hydrogens (tertiary/aromatic N) is 4. The number of hydrogen-bond acceptors (Lipinski definition) is 5. The Bertz CT molecular complexity index is 487. The Kier molecular flexibility index (Phi) is 10.0. The highest BCUT2D eigenvalue weighted by molar-refractivity contribution is 5.79. The van der Waals surface area contributed by atoms with Crippen molar-refractivity contribution in [1.29, 1.82) is 0 Å². The lowest BCUT2D eigenvalue weighted by molar-refractivity contribution is 0.108. The molecule has 8 heteroatoms. The molecular formula is C16H32N6O2. The number of guanidine groups is 1. The molecule has 2 N–H and O–H groups in total. The second-order valence-electron chi connectivity index (χ2n) is 6.06. The highest BCUT2D eigenvalue weighted by Crippen LogP contribution is 1.99. The van der Waals surface area contributed by atoms with Crippen LogP contribution in [0.4, 0.5) is 0 Å². The van der Waals surface area contributed by atoms with Crippen LogP contribution in [0.5, 0.6) is 0 Å². The summed E-state index contributed by atoms with van der Waals surface area (Å²) >= 11 is 0. The molecule has 1 rings (SSSR count). The molecule has 0 aliphatic carbocycles. The Balaban J connectivity index is 2.41. The number of aromatic nitrogens is 3. The third-order valence-electron chi connectivity index (χ3n) is 3.37. The van der Waals surface area contributed by atoms with Gasteiger partial charge in [0.2, 0.25) is 0 Å². The van der Waals surface area contributed by atoms with E-state index in [-0.39, 0.29) is 0 Å². The summed E-state index contributed by atoms with van der Waals surface area (Å²) < 4.78 is 12.6. The van der Waals surface area contributed by atoms with Gasteiger partial charge in [-0.05, 0) is 19.3 Å². The normalized spacial score (nSPS) is 12.0. The van der Waals surface area contributed by atoms with Crippen LogP contribution >= 0.6 is 0 Å². The van der Waals surface area contributed by atoms with E-state index in [1.54, 1.807) is 7.11 Å². The number of nitrogens with one attached hydrogen (secondary N) is 2. The van der Waals surface area contributed by atoms with Gasteiger partial charge in [-0.1, -0.05) is 13.8 Å². The van der Waals surface area contributed by atoms with E-state index < -0.39 is 0 Å². The van der Waals surface area contributed by atoms with Gasteiger partial charge in [0.15, 0.2) is 11.8 Å². The summed E-state index contributed by atoms with van der Waals surface area (Å²) in [5.41, 5.74) is 0. The van der Waals surface area contributed by atoms with Gasteiger partial charge in [-0.15, -0.1) is 10.2 Å². The summed E-state index contributed by atoms with van der Waals surface area (Å²) in [4.78, 5) is 4.56. The third kappa shape index (κ3) is 8.26. The first-order valence-corrected chi connectivity index (χ1v) is 8.48. The van der Waals surface area contributed by atoms with E-state index in [2.05, 4.69) is 39.7 Å². The van der Waals surface area contributed by atoms with E-state index in [1.165, 1.54) is 0 Å². The molecule has 24 heavy (non-hydrogen) atoms. The first-order chi connectivity index (χ1) is 11.5. The molecule has 0 fully saturated rings. The lowest BCUT2D eigenvalue weighted by Crippen LogP contribution is -2.39. The number of methoxy groups -OCH3 is 1. The van der Waals surface area contributed by atoms with Gasteiger partial charge in [-0.25, -0.2) is 4.99 Å². The predicted octanol–water partition coefficient (Wildman–Crippen LogP) is 0.868. The number of rotatable bonds is 11. The lowest BCUT2D eigenvalue weighted by atomic mass is 10.2. The molecule has 0 spiro atoms. The van der Waals surface area contributed by atoms with E-state index in [0.29, 0.717) is 25.6 Å². The molecule has 0 bridgehead atoms. The summed E-state index contributed by atoms with van der Waals surface area (Å²) in [6.45, 7) is 10.4. The minimum atomic E-state index is 0.476. The van der Waals surface area contributed by atoms with Crippen molar-refractivity contribution in [2.75, 3.05) is 40.0 Å². The molecule has 0 atom stereocenters. The Morgan fingerprint density at radius 1 is 1.21 bits per heavy atom. The number of ether oxygens (including phenoxy) is 2. The maximum atomic E-state index is 5.58. The molecule has 0 saturated heterocycles. The minimum absolute atomic E-state index is 0.476. The van der Waals surface area contributed by atoms with Crippen LogP contribution < -0.4 is 10.6 Å². The molecule has 0 saturated carbocycles. The topological polar surface area (TPSA) is 85.6 Å². The molecule has 0 aromatic carbocycles. The van der Waals surface area contributed by atoms with E-state index >= 15 is 0 Å². The first kappa shape index (κ1) is 20.4. The molecule has 1 aromatic rings. The van der Waals surface area contributed by atoms with E-state index in [4.69, 9.17) is 9.47 Å². The SMILES string of the molecule is COCCNC(=NCc1nnc(C)n1C)NCCCOCC(C)C. The van der Waals surface area contributed by atoms with Crippen molar-refractivity contribution in [1.82, 2.24) is 25.4 Å². The number of aliphatic imine (C=N–C) groups is 1. The van der Waals surface area contributed by atoms with Gasteiger partial charge >= 0.3 is 0 Å². The Morgan fingerprint density at radius 3 is 2.58 bits per heavy atom. The van der Waals surface area contributed by atoms with Crippen LogP contribution in [0, 0.1) is 12.8 Å². The molecule has 0 amide bonds. The number of aryl methyl sites for hydroxylation is 1. The maximum Gasteiger partial charge on any atom is 0.191 e. The van der Waals surface area contributed by atoms with Crippen molar-refractivity contribution in [3.05, 3.63) is 11.6 Å². The highest BCUT2D eigenvalue weighted by atomic mass is 16.5. The van der Waals surface area contributed by atoms with Gasteiger partial charge in [0.1, 0.15) is 12.4 Å². The minimum Gasteiger partial charge on any atom is -0.383 e. The van der Waals surface area contributed by atoms with Crippen LogP contribution in [0.1, 0.15) is 31.9 Å². The van der Waals surface area contributed by atoms with Crippen LogP contribution in [0.2, 0.25) is 0 Å². The summed E-state index contributed by atoms with van der Waals surface area (Å²) in [6.07, 6.45) is 0.931. The van der Waals surface area contributed by atoms with Gasteiger partial charge in [0, 0.05) is 40.5 Å². The average Bonchev–Trinajstić information content (AvgIpc) is 2.86. The van der Waals surface area contributed by atoms with Gasteiger partial charge in [-0.3, -0.25) is 0 Å². The Morgan fingerprint density at radius 2 is 1.96 bits per heavy atom. The van der Waals surface area contributed by atoms with Gasteiger partial charge in [0.25, 0.3) is 0 Å². The summed E-state index contributed by atoms with van der Waals surface area (Å²) in [7, 11) is 3.62. The summed E-state index contributed by atoms with van der Waals surface area (Å²) in [5, 5.41) is 14.7. The van der Waals surface area contributed by atoms with Gasteiger partial charge in [-0.2, -0.15) is 0 Å². The van der Waals surface area contributed by atoms with E-state index in [9.17, 15) is 0 Å². The molecule has 1 aromatic heterocycles. The average molecular weight is 340 g/mol. The molecule has 0 radical (unpaired) electrons. The first-order valence-electron chi connectivity index (χ1n) is 8.48. The van der Waals surface area contributed by atoms with Crippen LogP contribution in [0.15, 0.2) is 4.99 Å². The van der Waals surface area contributed by atoms with Crippen LogP contribution in [-0.4, -0.2) is 60.7 Å². The van der Waals surface area contributed by atoms with Crippen LogP contribution in [0.3, 0.4) is 0 Å². The molecule has 138 valence electrons. The largest absolute Gasteiger partial charge is 0.383 e. The second kappa shape index (κ2) is 11.8.